The summed E-state index contributed by atoms with van der Waals surface area (Å²) in [4.78, 5) is 25.1. The number of nitrogens with one attached hydrogen (secondary N) is 3. The lowest BCUT2D eigenvalue weighted by atomic mass is 10.1. The molecule has 0 atom stereocenters. The van der Waals surface area contributed by atoms with E-state index in [9.17, 15) is 18.0 Å². The molecular formula is C21H27N3O4S. The highest BCUT2D eigenvalue weighted by Crippen LogP contribution is 2.18. The number of hydrogen-bond donors (Lipinski definition) is 3. The Bertz CT molecular complexity index is 971. The van der Waals surface area contributed by atoms with Crippen molar-refractivity contribution >= 4 is 27.5 Å². The third-order valence-electron chi connectivity index (χ3n) is 4.07. The lowest BCUT2D eigenvalue weighted by molar-refractivity contribution is 0.0944. The Morgan fingerprint density at radius 2 is 1.72 bits per heavy atom. The van der Waals surface area contributed by atoms with E-state index in [2.05, 4.69) is 15.4 Å². The van der Waals surface area contributed by atoms with E-state index < -0.39 is 15.9 Å². The summed E-state index contributed by atoms with van der Waals surface area (Å²) in [7, 11) is -3.69. The molecule has 0 saturated carbocycles. The van der Waals surface area contributed by atoms with Gasteiger partial charge < -0.3 is 10.6 Å². The Labute approximate surface area is 172 Å². The first-order valence-electron chi connectivity index (χ1n) is 9.55. The second-order valence-electron chi connectivity index (χ2n) is 6.91. The van der Waals surface area contributed by atoms with Gasteiger partial charge in [-0.05, 0) is 50.6 Å². The molecule has 0 aromatic heterocycles. The molecule has 0 radical (unpaired) electrons. The molecule has 0 aliphatic carbocycles. The molecule has 7 nitrogen and oxygen atoms in total. The first kappa shape index (κ1) is 22.6. The molecule has 2 aromatic rings. The molecule has 156 valence electrons. The second-order valence-corrected chi connectivity index (χ2v) is 8.67. The van der Waals surface area contributed by atoms with Crippen LogP contribution in [0, 0.1) is 0 Å². The van der Waals surface area contributed by atoms with E-state index in [1.54, 1.807) is 24.3 Å². The van der Waals surface area contributed by atoms with Crippen LogP contribution in [0.15, 0.2) is 53.4 Å². The molecule has 3 N–H and O–H groups in total. The Kier molecular flexibility index (Phi) is 7.92. The Hall–Kier alpha value is -2.71. The summed E-state index contributed by atoms with van der Waals surface area (Å²) in [5.74, 6) is -0.798. The molecule has 0 bridgehead atoms. The highest BCUT2D eigenvalue weighted by molar-refractivity contribution is 7.89. The summed E-state index contributed by atoms with van der Waals surface area (Å²) in [6, 6.07) is 12.4. The van der Waals surface area contributed by atoms with Crippen LogP contribution in [0.5, 0.6) is 0 Å². The van der Waals surface area contributed by atoms with Gasteiger partial charge in [0, 0.05) is 18.2 Å². The van der Waals surface area contributed by atoms with Crippen molar-refractivity contribution in [3.8, 4) is 0 Å². The number of unbranched alkanes of at least 4 members (excludes halogenated alkanes) is 1. The van der Waals surface area contributed by atoms with Crippen molar-refractivity contribution in [2.24, 2.45) is 0 Å². The van der Waals surface area contributed by atoms with Gasteiger partial charge in [-0.2, -0.15) is 0 Å². The van der Waals surface area contributed by atoms with Gasteiger partial charge in [0.05, 0.1) is 16.1 Å². The predicted octanol–water partition coefficient (Wildman–Crippen LogP) is 3.16. The summed E-state index contributed by atoms with van der Waals surface area (Å²) in [6.45, 7) is 6.01. The quantitative estimate of drug-likeness (QED) is 0.545. The van der Waals surface area contributed by atoms with Crippen LogP contribution in [0.2, 0.25) is 0 Å². The molecule has 2 amide bonds. The van der Waals surface area contributed by atoms with E-state index in [1.807, 2.05) is 20.8 Å². The maximum absolute atomic E-state index is 12.7. The largest absolute Gasteiger partial charge is 0.350 e. The first-order valence-corrected chi connectivity index (χ1v) is 11.0. The van der Waals surface area contributed by atoms with Crippen molar-refractivity contribution in [2.75, 3.05) is 11.9 Å². The Morgan fingerprint density at radius 1 is 1.00 bits per heavy atom. The van der Waals surface area contributed by atoms with Gasteiger partial charge in [0.2, 0.25) is 10.0 Å². The van der Waals surface area contributed by atoms with Crippen molar-refractivity contribution in [3.63, 3.8) is 0 Å². The number of carbonyl (C=O) groups is 2. The van der Waals surface area contributed by atoms with Gasteiger partial charge >= 0.3 is 0 Å². The number of rotatable bonds is 9. The van der Waals surface area contributed by atoms with Gasteiger partial charge in [-0.25, -0.2) is 13.1 Å². The highest BCUT2D eigenvalue weighted by atomic mass is 32.2. The van der Waals surface area contributed by atoms with Gasteiger partial charge in [-0.3, -0.25) is 9.59 Å². The van der Waals surface area contributed by atoms with Gasteiger partial charge in [-0.1, -0.05) is 31.5 Å². The van der Waals surface area contributed by atoms with Crippen LogP contribution in [-0.2, 0) is 10.0 Å². The SMILES string of the molecule is CCCCNS(=O)(=O)c1cccc(C(=O)Nc2ccccc2C(=O)NC(C)C)c1. The van der Waals surface area contributed by atoms with Gasteiger partial charge in [-0.15, -0.1) is 0 Å². The normalized spacial score (nSPS) is 11.3. The standard InChI is InChI=1S/C21H27N3O4S/c1-4-5-13-22-29(27,28)17-10-8-9-16(14-17)20(25)24-19-12-7-6-11-18(19)21(26)23-15(2)3/h6-12,14-15,22H,4-5,13H2,1-3H3,(H,23,26)(H,24,25). The minimum absolute atomic E-state index is 0.0205. The summed E-state index contributed by atoms with van der Waals surface area (Å²) >= 11 is 0. The molecule has 29 heavy (non-hydrogen) atoms. The van der Waals surface area contributed by atoms with Gasteiger partial charge in [0.1, 0.15) is 0 Å². The Morgan fingerprint density at radius 3 is 2.41 bits per heavy atom. The summed E-state index contributed by atoms with van der Waals surface area (Å²) in [5, 5.41) is 5.48. The molecule has 0 fully saturated rings. The fourth-order valence-electron chi connectivity index (χ4n) is 2.60. The van der Waals surface area contributed by atoms with E-state index in [4.69, 9.17) is 0 Å². The molecule has 0 heterocycles. The lowest BCUT2D eigenvalue weighted by Crippen LogP contribution is -2.31. The number of para-hydroxylation sites is 1. The van der Waals surface area contributed by atoms with Crippen LogP contribution in [0.25, 0.3) is 0 Å². The minimum Gasteiger partial charge on any atom is -0.350 e. The van der Waals surface area contributed by atoms with E-state index in [1.165, 1.54) is 24.3 Å². The number of benzene rings is 2. The molecule has 0 aliphatic rings. The second kappa shape index (κ2) is 10.2. The number of amides is 2. The number of sulfonamides is 1. The van der Waals surface area contributed by atoms with Crippen LogP contribution in [-0.4, -0.2) is 32.8 Å². The zero-order valence-corrected chi connectivity index (χ0v) is 17.7. The molecule has 0 aliphatic heterocycles. The molecule has 2 aromatic carbocycles. The molecular weight excluding hydrogens is 390 g/mol. The smallest absolute Gasteiger partial charge is 0.255 e. The molecule has 0 unspecified atom stereocenters. The topological polar surface area (TPSA) is 104 Å². The van der Waals surface area contributed by atoms with Crippen LogP contribution >= 0.6 is 0 Å². The zero-order valence-electron chi connectivity index (χ0n) is 16.9. The van der Waals surface area contributed by atoms with E-state index in [0.29, 0.717) is 17.8 Å². The monoisotopic (exact) mass is 417 g/mol. The average molecular weight is 418 g/mol. The molecule has 2 rings (SSSR count). The Balaban J connectivity index is 2.22. The summed E-state index contributed by atoms with van der Waals surface area (Å²) in [6.07, 6.45) is 1.60. The highest BCUT2D eigenvalue weighted by Gasteiger charge is 2.18. The van der Waals surface area contributed by atoms with Crippen molar-refractivity contribution in [1.29, 1.82) is 0 Å². The predicted molar refractivity (Wildman–Crippen MR) is 114 cm³/mol. The number of anilines is 1. The maximum atomic E-state index is 12.7. The van der Waals surface area contributed by atoms with Crippen molar-refractivity contribution in [2.45, 2.75) is 44.6 Å². The molecule has 0 spiro atoms. The van der Waals surface area contributed by atoms with Crippen LogP contribution in [0.3, 0.4) is 0 Å². The third kappa shape index (κ3) is 6.40. The molecule has 0 saturated heterocycles. The zero-order chi connectivity index (χ0) is 21.4. The van der Waals surface area contributed by atoms with Crippen molar-refractivity contribution in [3.05, 3.63) is 59.7 Å². The van der Waals surface area contributed by atoms with E-state index in [0.717, 1.165) is 12.8 Å². The summed E-state index contributed by atoms with van der Waals surface area (Å²) in [5.41, 5.74) is 0.868. The fourth-order valence-corrected chi connectivity index (χ4v) is 3.72. The van der Waals surface area contributed by atoms with Crippen molar-refractivity contribution in [1.82, 2.24) is 10.0 Å². The molecule has 8 heteroatoms. The fraction of sp³-hybridized carbons (Fsp3) is 0.333. The van der Waals surface area contributed by atoms with E-state index in [-0.39, 0.29) is 22.4 Å². The van der Waals surface area contributed by atoms with Gasteiger partial charge in [0.15, 0.2) is 0 Å². The van der Waals surface area contributed by atoms with Crippen LogP contribution in [0.4, 0.5) is 5.69 Å². The third-order valence-corrected chi connectivity index (χ3v) is 5.53. The number of hydrogen-bond acceptors (Lipinski definition) is 4. The lowest BCUT2D eigenvalue weighted by Gasteiger charge is -2.13. The summed E-state index contributed by atoms with van der Waals surface area (Å²) < 4.78 is 27.3. The number of carbonyl (C=O) groups excluding carboxylic acids is 2. The van der Waals surface area contributed by atoms with E-state index >= 15 is 0 Å². The average Bonchev–Trinajstić information content (AvgIpc) is 2.68. The first-order chi connectivity index (χ1) is 13.7. The minimum atomic E-state index is -3.69. The van der Waals surface area contributed by atoms with Gasteiger partial charge in [0.25, 0.3) is 11.8 Å². The van der Waals surface area contributed by atoms with Crippen molar-refractivity contribution < 1.29 is 18.0 Å². The van der Waals surface area contributed by atoms with Crippen LogP contribution in [0.1, 0.15) is 54.3 Å². The maximum Gasteiger partial charge on any atom is 0.255 e. The van der Waals surface area contributed by atoms with Crippen LogP contribution < -0.4 is 15.4 Å².